The number of rotatable bonds is 8. The lowest BCUT2D eigenvalue weighted by Crippen LogP contribution is -2.50. The summed E-state index contributed by atoms with van der Waals surface area (Å²) in [6.07, 6.45) is 4.10. The minimum absolute atomic E-state index is 0.000958. The number of carbonyl (C=O) groups is 2. The van der Waals surface area contributed by atoms with Gasteiger partial charge in [-0.2, -0.15) is 0 Å². The van der Waals surface area contributed by atoms with E-state index in [-0.39, 0.29) is 31.0 Å². The molecule has 3 rings (SSSR count). The number of amides is 2. The molecule has 1 aliphatic carbocycles. The first-order valence-corrected chi connectivity index (χ1v) is 10.9. The Hall–Kier alpha value is -2.89. The van der Waals surface area contributed by atoms with Gasteiger partial charge in [-0.05, 0) is 62.9 Å². The van der Waals surface area contributed by atoms with Crippen LogP contribution in [-0.4, -0.2) is 35.4 Å². The maximum Gasteiger partial charge on any atom is 0.261 e. The predicted molar refractivity (Wildman–Crippen MR) is 118 cm³/mol. The van der Waals surface area contributed by atoms with Crippen molar-refractivity contribution in [1.82, 2.24) is 10.2 Å². The van der Waals surface area contributed by atoms with Crippen LogP contribution in [0.1, 0.15) is 49.3 Å². The Kier molecular flexibility index (Phi) is 7.66. The number of ether oxygens (including phenoxy) is 1. The molecule has 1 fully saturated rings. The number of benzene rings is 2. The quantitative estimate of drug-likeness (QED) is 0.685. The lowest BCUT2D eigenvalue weighted by atomic mass is 10.1. The second kappa shape index (κ2) is 10.4. The highest BCUT2D eigenvalue weighted by Crippen LogP contribution is 2.20. The largest absolute Gasteiger partial charge is 0.484 e. The first-order chi connectivity index (χ1) is 14.8. The molecule has 2 aromatic carbocycles. The SMILES string of the molecule is Cc1cc(C)cc(OCC(=O)N(Cc2ccccc2F)C(C)C(=O)NC2CCCC2)c1. The zero-order valence-electron chi connectivity index (χ0n) is 18.5. The molecule has 0 aromatic heterocycles. The molecule has 5 nitrogen and oxygen atoms in total. The van der Waals surface area contributed by atoms with E-state index in [0.717, 1.165) is 36.8 Å². The fraction of sp³-hybridized carbons (Fsp3) is 0.440. The van der Waals surface area contributed by atoms with Gasteiger partial charge < -0.3 is 15.0 Å². The van der Waals surface area contributed by atoms with Crippen molar-refractivity contribution in [2.24, 2.45) is 0 Å². The van der Waals surface area contributed by atoms with Crippen LogP contribution in [-0.2, 0) is 16.1 Å². The minimum atomic E-state index is -0.740. The Labute approximate surface area is 183 Å². The molecule has 2 amide bonds. The van der Waals surface area contributed by atoms with Crippen molar-refractivity contribution in [1.29, 1.82) is 0 Å². The maximum absolute atomic E-state index is 14.3. The summed E-state index contributed by atoms with van der Waals surface area (Å²) in [7, 11) is 0. The van der Waals surface area contributed by atoms with Gasteiger partial charge in [0, 0.05) is 18.2 Å². The van der Waals surface area contributed by atoms with E-state index in [1.165, 1.54) is 11.0 Å². The lowest BCUT2D eigenvalue weighted by molar-refractivity contribution is -0.142. The van der Waals surface area contributed by atoms with Crippen LogP contribution in [0.4, 0.5) is 4.39 Å². The third kappa shape index (κ3) is 6.29. The Morgan fingerprint density at radius 3 is 2.42 bits per heavy atom. The van der Waals surface area contributed by atoms with Crippen LogP contribution < -0.4 is 10.1 Å². The number of nitrogens with one attached hydrogen (secondary N) is 1. The Morgan fingerprint density at radius 2 is 1.77 bits per heavy atom. The van der Waals surface area contributed by atoms with Gasteiger partial charge in [0.15, 0.2) is 6.61 Å². The summed E-state index contributed by atoms with van der Waals surface area (Å²) in [6.45, 7) is 5.38. The second-order valence-corrected chi connectivity index (χ2v) is 8.39. The number of carbonyl (C=O) groups excluding carboxylic acids is 2. The summed E-state index contributed by atoms with van der Waals surface area (Å²) in [5.41, 5.74) is 2.44. The minimum Gasteiger partial charge on any atom is -0.484 e. The topological polar surface area (TPSA) is 58.6 Å². The van der Waals surface area contributed by atoms with Gasteiger partial charge in [-0.1, -0.05) is 37.1 Å². The molecule has 0 heterocycles. The van der Waals surface area contributed by atoms with Crippen molar-refractivity contribution in [3.8, 4) is 5.75 Å². The average Bonchev–Trinajstić information content (AvgIpc) is 3.23. The molecule has 6 heteroatoms. The van der Waals surface area contributed by atoms with E-state index in [0.29, 0.717) is 11.3 Å². The number of halogens is 1. The van der Waals surface area contributed by atoms with Crippen molar-refractivity contribution in [2.45, 2.75) is 65.1 Å². The number of nitrogens with zero attached hydrogens (tertiary/aromatic N) is 1. The predicted octanol–water partition coefficient (Wildman–Crippen LogP) is 4.30. The van der Waals surface area contributed by atoms with E-state index >= 15 is 0 Å². The summed E-state index contributed by atoms with van der Waals surface area (Å²) < 4.78 is 20.0. The molecule has 0 bridgehead atoms. The molecular weight excluding hydrogens is 395 g/mol. The van der Waals surface area contributed by atoms with E-state index in [4.69, 9.17) is 4.74 Å². The van der Waals surface area contributed by atoms with Crippen molar-refractivity contribution in [3.05, 3.63) is 65.0 Å². The monoisotopic (exact) mass is 426 g/mol. The van der Waals surface area contributed by atoms with Gasteiger partial charge in [0.2, 0.25) is 5.91 Å². The molecule has 0 aliphatic heterocycles. The lowest BCUT2D eigenvalue weighted by Gasteiger charge is -2.29. The standard InChI is InChI=1S/C25H31FN2O3/c1-17-12-18(2)14-22(13-17)31-16-24(29)28(15-20-8-4-7-11-23(20)26)19(3)25(30)27-21-9-5-6-10-21/h4,7-8,11-14,19,21H,5-6,9-10,15-16H2,1-3H3,(H,27,30). The number of aryl methyl sites for hydroxylation is 2. The molecule has 1 unspecified atom stereocenters. The van der Waals surface area contributed by atoms with Crippen LogP contribution in [0.5, 0.6) is 5.75 Å². The third-order valence-electron chi connectivity index (χ3n) is 5.72. The molecule has 2 aromatic rings. The van der Waals surface area contributed by atoms with Crippen molar-refractivity contribution in [2.75, 3.05) is 6.61 Å². The smallest absolute Gasteiger partial charge is 0.261 e. The zero-order valence-corrected chi connectivity index (χ0v) is 18.5. The van der Waals surface area contributed by atoms with Crippen molar-refractivity contribution in [3.63, 3.8) is 0 Å². The molecule has 1 aliphatic rings. The summed E-state index contributed by atoms with van der Waals surface area (Å²) >= 11 is 0. The average molecular weight is 427 g/mol. The van der Waals surface area contributed by atoms with E-state index in [9.17, 15) is 14.0 Å². The first kappa shape index (κ1) is 22.8. The molecule has 1 atom stereocenters. The fourth-order valence-corrected chi connectivity index (χ4v) is 4.03. The molecule has 1 saturated carbocycles. The van der Waals surface area contributed by atoms with Gasteiger partial charge in [-0.3, -0.25) is 9.59 Å². The Bertz CT molecular complexity index is 904. The van der Waals surface area contributed by atoms with Gasteiger partial charge in [0.25, 0.3) is 5.91 Å². The van der Waals surface area contributed by atoms with Crippen LogP contribution in [0.25, 0.3) is 0 Å². The molecular formula is C25H31FN2O3. The van der Waals surface area contributed by atoms with Gasteiger partial charge in [0.05, 0.1) is 0 Å². The highest BCUT2D eigenvalue weighted by molar-refractivity contribution is 5.88. The van der Waals surface area contributed by atoms with Gasteiger partial charge >= 0.3 is 0 Å². The maximum atomic E-state index is 14.3. The summed E-state index contributed by atoms with van der Waals surface area (Å²) in [6, 6.07) is 11.4. The highest BCUT2D eigenvalue weighted by atomic mass is 19.1. The van der Waals surface area contributed by atoms with Crippen LogP contribution in [0.3, 0.4) is 0 Å². The van der Waals surface area contributed by atoms with E-state index in [1.807, 2.05) is 32.0 Å². The Morgan fingerprint density at radius 1 is 1.13 bits per heavy atom. The van der Waals surface area contributed by atoms with Crippen molar-refractivity contribution >= 4 is 11.8 Å². The van der Waals surface area contributed by atoms with Crippen LogP contribution >= 0.6 is 0 Å². The van der Waals surface area contributed by atoms with Crippen LogP contribution in [0.15, 0.2) is 42.5 Å². The Balaban J connectivity index is 1.74. The molecule has 1 N–H and O–H groups in total. The van der Waals surface area contributed by atoms with Gasteiger partial charge in [-0.25, -0.2) is 4.39 Å². The van der Waals surface area contributed by atoms with Gasteiger partial charge in [-0.15, -0.1) is 0 Å². The zero-order chi connectivity index (χ0) is 22.4. The molecule has 0 saturated heterocycles. The van der Waals surface area contributed by atoms with E-state index < -0.39 is 11.9 Å². The molecule has 0 spiro atoms. The van der Waals surface area contributed by atoms with Gasteiger partial charge in [0.1, 0.15) is 17.6 Å². The second-order valence-electron chi connectivity index (χ2n) is 8.39. The van der Waals surface area contributed by atoms with E-state index in [2.05, 4.69) is 5.32 Å². The number of hydrogen-bond donors (Lipinski definition) is 1. The van der Waals surface area contributed by atoms with E-state index in [1.54, 1.807) is 25.1 Å². The molecule has 0 radical (unpaired) electrons. The normalized spacial score (nSPS) is 14.8. The highest BCUT2D eigenvalue weighted by Gasteiger charge is 2.29. The van der Waals surface area contributed by atoms with Crippen LogP contribution in [0, 0.1) is 19.7 Å². The molecule has 166 valence electrons. The third-order valence-corrected chi connectivity index (χ3v) is 5.72. The van der Waals surface area contributed by atoms with Crippen LogP contribution in [0.2, 0.25) is 0 Å². The number of hydrogen-bond acceptors (Lipinski definition) is 3. The fourth-order valence-electron chi connectivity index (χ4n) is 4.03. The molecule has 31 heavy (non-hydrogen) atoms. The first-order valence-electron chi connectivity index (χ1n) is 10.9. The summed E-state index contributed by atoms with van der Waals surface area (Å²) in [4.78, 5) is 27.3. The summed E-state index contributed by atoms with van der Waals surface area (Å²) in [5, 5.41) is 3.04. The van der Waals surface area contributed by atoms with Crippen molar-refractivity contribution < 1.29 is 18.7 Å². The summed E-state index contributed by atoms with van der Waals surface area (Å²) in [5.74, 6) is -0.391.